The van der Waals surface area contributed by atoms with E-state index in [-0.39, 0.29) is 11.7 Å². The molecule has 0 aromatic heterocycles. The molecule has 0 aliphatic rings. The summed E-state index contributed by atoms with van der Waals surface area (Å²) in [5.74, 6) is -1.72. The molecule has 0 heterocycles. The minimum atomic E-state index is -0.865. The monoisotopic (exact) mass is 272 g/mol. The van der Waals surface area contributed by atoms with E-state index in [4.69, 9.17) is 5.73 Å². The van der Waals surface area contributed by atoms with Crippen molar-refractivity contribution in [3.63, 3.8) is 0 Å². The Labute approximate surface area is 113 Å². The fourth-order valence-electron chi connectivity index (χ4n) is 1.84. The first-order valence-corrected chi connectivity index (χ1v) is 6.48. The number of nitrogens with two attached hydrogens (primary N) is 1. The van der Waals surface area contributed by atoms with Crippen LogP contribution in [0.15, 0.2) is 18.2 Å². The zero-order valence-corrected chi connectivity index (χ0v) is 11.4. The van der Waals surface area contributed by atoms with Crippen LogP contribution in [-0.4, -0.2) is 36.2 Å². The van der Waals surface area contributed by atoms with Crippen molar-refractivity contribution in [2.75, 3.05) is 20.1 Å². The number of hydrogen-bond donors (Lipinski definition) is 2. The second-order valence-corrected chi connectivity index (χ2v) is 4.98. The van der Waals surface area contributed by atoms with Crippen molar-refractivity contribution in [1.82, 2.24) is 4.90 Å². The van der Waals surface area contributed by atoms with Gasteiger partial charge in [-0.05, 0) is 39.4 Å². The highest BCUT2D eigenvalue weighted by Crippen LogP contribution is 2.20. The SMILES string of the molecule is CC(O)CCN(C)CCC(N)c1cccc(F)c1F. The van der Waals surface area contributed by atoms with Crippen LogP contribution in [0.25, 0.3) is 0 Å². The molecule has 0 aliphatic heterocycles. The third kappa shape index (κ3) is 5.22. The van der Waals surface area contributed by atoms with Gasteiger partial charge in [0.25, 0.3) is 0 Å². The van der Waals surface area contributed by atoms with E-state index < -0.39 is 17.7 Å². The standard InChI is InChI=1S/C14H22F2N2O/c1-10(19)6-8-18(2)9-7-13(17)11-4-3-5-12(15)14(11)16/h3-5,10,13,19H,6-9,17H2,1-2H3. The van der Waals surface area contributed by atoms with Crippen LogP contribution >= 0.6 is 0 Å². The molecule has 0 aliphatic carbocycles. The highest BCUT2D eigenvalue weighted by atomic mass is 19.2. The molecule has 1 aromatic carbocycles. The molecule has 0 amide bonds. The Bertz CT molecular complexity index is 399. The van der Waals surface area contributed by atoms with Crippen molar-refractivity contribution in [3.8, 4) is 0 Å². The van der Waals surface area contributed by atoms with E-state index in [1.807, 2.05) is 11.9 Å². The molecule has 19 heavy (non-hydrogen) atoms. The highest BCUT2D eigenvalue weighted by Gasteiger charge is 2.15. The molecule has 3 N–H and O–H groups in total. The number of hydrogen-bond acceptors (Lipinski definition) is 3. The molecule has 0 radical (unpaired) electrons. The number of aliphatic hydroxyl groups is 1. The Morgan fingerprint density at radius 1 is 1.26 bits per heavy atom. The lowest BCUT2D eigenvalue weighted by molar-refractivity contribution is 0.163. The third-order valence-corrected chi connectivity index (χ3v) is 3.13. The van der Waals surface area contributed by atoms with Gasteiger partial charge in [0.1, 0.15) is 0 Å². The maximum Gasteiger partial charge on any atom is 0.163 e. The normalized spacial score (nSPS) is 14.7. The van der Waals surface area contributed by atoms with Gasteiger partial charge in [0.2, 0.25) is 0 Å². The number of benzene rings is 1. The zero-order chi connectivity index (χ0) is 14.4. The van der Waals surface area contributed by atoms with E-state index in [1.165, 1.54) is 12.1 Å². The fourth-order valence-corrected chi connectivity index (χ4v) is 1.84. The second kappa shape index (κ2) is 7.53. The highest BCUT2D eigenvalue weighted by molar-refractivity contribution is 5.22. The van der Waals surface area contributed by atoms with Gasteiger partial charge in [0.05, 0.1) is 6.10 Å². The summed E-state index contributed by atoms with van der Waals surface area (Å²) in [6, 6.07) is 3.54. The van der Waals surface area contributed by atoms with Gasteiger partial charge < -0.3 is 15.7 Å². The molecule has 1 rings (SSSR count). The average molecular weight is 272 g/mol. The summed E-state index contributed by atoms with van der Waals surface area (Å²) < 4.78 is 26.6. The first kappa shape index (κ1) is 16.0. The van der Waals surface area contributed by atoms with Crippen molar-refractivity contribution >= 4 is 0 Å². The molecule has 2 atom stereocenters. The molecule has 0 bridgehead atoms. The number of nitrogens with zero attached hydrogens (tertiary/aromatic N) is 1. The smallest absolute Gasteiger partial charge is 0.163 e. The number of aliphatic hydroxyl groups excluding tert-OH is 1. The van der Waals surface area contributed by atoms with E-state index >= 15 is 0 Å². The van der Waals surface area contributed by atoms with Gasteiger partial charge in [-0.2, -0.15) is 0 Å². The molecule has 108 valence electrons. The van der Waals surface area contributed by atoms with E-state index in [0.29, 0.717) is 19.4 Å². The van der Waals surface area contributed by atoms with Crippen molar-refractivity contribution in [2.24, 2.45) is 5.73 Å². The van der Waals surface area contributed by atoms with Gasteiger partial charge in [0, 0.05) is 18.2 Å². The van der Waals surface area contributed by atoms with Gasteiger partial charge in [-0.15, -0.1) is 0 Å². The summed E-state index contributed by atoms with van der Waals surface area (Å²) in [6.45, 7) is 3.15. The van der Waals surface area contributed by atoms with Crippen LogP contribution in [0.3, 0.4) is 0 Å². The molecule has 0 saturated carbocycles. The number of halogens is 2. The van der Waals surface area contributed by atoms with Crippen molar-refractivity contribution in [2.45, 2.75) is 31.9 Å². The largest absolute Gasteiger partial charge is 0.393 e. The van der Waals surface area contributed by atoms with Crippen LogP contribution < -0.4 is 5.73 Å². The van der Waals surface area contributed by atoms with Gasteiger partial charge in [-0.3, -0.25) is 0 Å². The van der Waals surface area contributed by atoms with Crippen molar-refractivity contribution < 1.29 is 13.9 Å². The van der Waals surface area contributed by atoms with Crippen LogP contribution in [0.2, 0.25) is 0 Å². The average Bonchev–Trinajstić information content (AvgIpc) is 2.36. The Hall–Kier alpha value is -1.04. The van der Waals surface area contributed by atoms with Crippen molar-refractivity contribution in [1.29, 1.82) is 0 Å². The Balaban J connectivity index is 2.47. The maximum absolute atomic E-state index is 13.5. The van der Waals surface area contributed by atoms with Gasteiger partial charge >= 0.3 is 0 Å². The van der Waals surface area contributed by atoms with Crippen LogP contribution in [0.4, 0.5) is 8.78 Å². The van der Waals surface area contributed by atoms with Gasteiger partial charge in [-0.25, -0.2) is 8.78 Å². The maximum atomic E-state index is 13.5. The van der Waals surface area contributed by atoms with Gasteiger partial charge in [-0.1, -0.05) is 12.1 Å². The minimum Gasteiger partial charge on any atom is -0.393 e. The Kier molecular flexibility index (Phi) is 6.34. The molecule has 0 spiro atoms. The quantitative estimate of drug-likeness (QED) is 0.799. The lowest BCUT2D eigenvalue weighted by atomic mass is 10.0. The van der Waals surface area contributed by atoms with Crippen LogP contribution in [-0.2, 0) is 0 Å². The summed E-state index contributed by atoms with van der Waals surface area (Å²) in [7, 11) is 1.91. The van der Waals surface area contributed by atoms with E-state index in [0.717, 1.165) is 12.6 Å². The summed E-state index contributed by atoms with van der Waals surface area (Å²) in [5.41, 5.74) is 6.10. The predicted octanol–water partition coefficient (Wildman–Crippen LogP) is 2.06. The van der Waals surface area contributed by atoms with Crippen LogP contribution in [0, 0.1) is 11.6 Å². The zero-order valence-electron chi connectivity index (χ0n) is 11.4. The molecule has 5 heteroatoms. The fraction of sp³-hybridized carbons (Fsp3) is 0.571. The topological polar surface area (TPSA) is 49.5 Å². The minimum absolute atomic E-state index is 0.212. The van der Waals surface area contributed by atoms with Crippen molar-refractivity contribution in [3.05, 3.63) is 35.4 Å². The molecular formula is C14H22F2N2O. The van der Waals surface area contributed by atoms with E-state index in [1.54, 1.807) is 6.92 Å². The lowest BCUT2D eigenvalue weighted by Crippen LogP contribution is -2.26. The van der Waals surface area contributed by atoms with Crippen LogP contribution in [0.5, 0.6) is 0 Å². The Morgan fingerprint density at radius 2 is 1.89 bits per heavy atom. The summed E-state index contributed by atoms with van der Waals surface area (Å²) in [5, 5.41) is 9.18. The molecule has 0 saturated heterocycles. The summed E-state index contributed by atoms with van der Waals surface area (Å²) >= 11 is 0. The molecular weight excluding hydrogens is 250 g/mol. The molecule has 3 nitrogen and oxygen atoms in total. The van der Waals surface area contributed by atoms with Gasteiger partial charge in [0.15, 0.2) is 11.6 Å². The first-order valence-electron chi connectivity index (χ1n) is 6.48. The predicted molar refractivity (Wildman–Crippen MR) is 71.7 cm³/mol. The van der Waals surface area contributed by atoms with E-state index in [9.17, 15) is 13.9 Å². The summed E-state index contributed by atoms with van der Waals surface area (Å²) in [4.78, 5) is 2.02. The van der Waals surface area contributed by atoms with E-state index in [2.05, 4.69) is 0 Å². The molecule has 1 aromatic rings. The number of rotatable bonds is 7. The van der Waals surface area contributed by atoms with Crippen LogP contribution in [0.1, 0.15) is 31.4 Å². The second-order valence-electron chi connectivity index (χ2n) is 4.98. The Morgan fingerprint density at radius 3 is 2.53 bits per heavy atom. The molecule has 2 unspecified atom stereocenters. The first-order chi connectivity index (χ1) is 8.91. The lowest BCUT2D eigenvalue weighted by Gasteiger charge is -2.20. The third-order valence-electron chi connectivity index (χ3n) is 3.13. The summed E-state index contributed by atoms with van der Waals surface area (Å²) in [6.07, 6.45) is 0.883. The molecule has 0 fully saturated rings.